The molecule has 0 bridgehead atoms. The molecular weight excluding hydrogens is 207 g/mol. The van der Waals surface area contributed by atoms with Crippen molar-refractivity contribution in [1.82, 2.24) is 0 Å². The number of hydrogen-bond acceptors (Lipinski definition) is 4. The second kappa shape index (κ2) is 4.79. The average molecular weight is 209 g/mol. The van der Waals surface area contributed by atoms with Crippen LogP contribution in [0.5, 0.6) is 0 Å². The molecule has 0 heterocycles. The Morgan fingerprint density at radius 2 is 1.58 bits per heavy atom. The van der Waals surface area contributed by atoms with Crippen LogP contribution in [0, 0.1) is 0 Å². The van der Waals surface area contributed by atoms with Crippen LogP contribution in [0.15, 0.2) is 22.2 Å². The Balaban J connectivity index is 4.54. The number of rotatable bonds is 3. The van der Waals surface area contributed by atoms with Crippen molar-refractivity contribution in [2.24, 2.45) is 0 Å². The topological polar surface area (TPSA) is 80.3 Å². The zero-order valence-corrected chi connectivity index (χ0v) is 7.06. The second-order valence-electron chi connectivity index (χ2n) is 1.63. The molecule has 0 aliphatic carbocycles. The Labute approximate surface area is 77.7 Å². The first-order valence-electron chi connectivity index (χ1n) is 2.60. The summed E-state index contributed by atoms with van der Waals surface area (Å²) < 4.78 is 0. The molecular formula is C6H2Cl2O4-2. The van der Waals surface area contributed by atoms with Crippen LogP contribution < -0.4 is 10.2 Å². The second-order valence-corrected chi connectivity index (χ2v) is 2.47. The highest BCUT2D eigenvalue weighted by Gasteiger charge is 1.93. The van der Waals surface area contributed by atoms with Crippen molar-refractivity contribution >= 4 is 35.1 Å². The maximum atomic E-state index is 9.96. The minimum Gasteiger partial charge on any atom is -0.545 e. The molecule has 0 aliphatic rings. The molecule has 0 saturated heterocycles. The summed E-state index contributed by atoms with van der Waals surface area (Å²) in [6.45, 7) is 0. The number of aliphatic carboxylic acids is 2. The summed E-state index contributed by atoms with van der Waals surface area (Å²) in [4.78, 5) is 19.8. The van der Waals surface area contributed by atoms with Crippen LogP contribution in [-0.4, -0.2) is 11.9 Å². The molecule has 4 nitrogen and oxygen atoms in total. The van der Waals surface area contributed by atoms with Crippen LogP contribution in [0.3, 0.4) is 0 Å². The minimum absolute atomic E-state index is 0.357. The molecule has 0 aromatic heterocycles. The summed E-state index contributed by atoms with van der Waals surface area (Å²) in [6, 6.07) is 0. The molecule has 0 amide bonds. The van der Waals surface area contributed by atoms with E-state index in [1.807, 2.05) is 0 Å². The van der Waals surface area contributed by atoms with Gasteiger partial charge in [-0.3, -0.25) is 0 Å². The Kier molecular flexibility index (Phi) is 4.39. The van der Waals surface area contributed by atoms with Crippen molar-refractivity contribution in [3.63, 3.8) is 0 Å². The van der Waals surface area contributed by atoms with Crippen LogP contribution in [0.1, 0.15) is 0 Å². The van der Waals surface area contributed by atoms with Gasteiger partial charge >= 0.3 is 0 Å². The standard InChI is InChI=1S/C6H4Cl2O4/c7-3(2-5(9)10)1-4(8)6(11)12/h1-2H,(H,9,10)(H,11,12)/p-2. The lowest BCUT2D eigenvalue weighted by Crippen LogP contribution is -2.22. The molecule has 0 aliphatic heterocycles. The fraction of sp³-hybridized carbons (Fsp3) is 0. The Hall–Kier alpha value is -1.00. The SMILES string of the molecule is O=C([O-])C=C(Cl)C=C(Cl)C(=O)[O-]. The molecule has 0 saturated carbocycles. The maximum absolute atomic E-state index is 9.96. The first-order chi connectivity index (χ1) is 5.43. The lowest BCUT2D eigenvalue weighted by molar-refractivity contribution is -0.299. The Morgan fingerprint density at radius 1 is 1.08 bits per heavy atom. The van der Waals surface area contributed by atoms with Gasteiger partial charge in [-0.15, -0.1) is 0 Å². The van der Waals surface area contributed by atoms with Gasteiger partial charge in [0.05, 0.1) is 17.0 Å². The van der Waals surface area contributed by atoms with E-state index in [4.69, 9.17) is 23.2 Å². The molecule has 66 valence electrons. The number of carbonyl (C=O) groups is 2. The van der Waals surface area contributed by atoms with E-state index in [9.17, 15) is 19.8 Å². The number of carboxylic acid groups (broad SMARTS) is 2. The molecule has 12 heavy (non-hydrogen) atoms. The highest BCUT2D eigenvalue weighted by molar-refractivity contribution is 6.42. The van der Waals surface area contributed by atoms with Crippen LogP contribution in [0.25, 0.3) is 0 Å². The number of carbonyl (C=O) groups excluding carboxylic acids is 2. The molecule has 0 aromatic rings. The van der Waals surface area contributed by atoms with Crippen molar-refractivity contribution in [3.8, 4) is 0 Å². The first kappa shape index (κ1) is 11.0. The Morgan fingerprint density at radius 3 is 1.92 bits per heavy atom. The van der Waals surface area contributed by atoms with Gasteiger partial charge in [0.1, 0.15) is 0 Å². The molecule has 0 fully saturated rings. The van der Waals surface area contributed by atoms with E-state index in [0.29, 0.717) is 6.08 Å². The predicted molar refractivity (Wildman–Crippen MR) is 37.9 cm³/mol. The zero-order chi connectivity index (χ0) is 9.72. The monoisotopic (exact) mass is 208 g/mol. The number of allylic oxidation sites excluding steroid dienone is 2. The van der Waals surface area contributed by atoms with Crippen molar-refractivity contribution < 1.29 is 19.8 Å². The summed E-state index contributed by atoms with van der Waals surface area (Å²) in [5, 5.41) is 18.8. The van der Waals surface area contributed by atoms with Crippen LogP contribution in [0.2, 0.25) is 0 Å². The van der Waals surface area contributed by atoms with Gasteiger partial charge in [-0.2, -0.15) is 0 Å². The molecule has 6 heteroatoms. The Bertz CT molecular complexity index is 267. The van der Waals surface area contributed by atoms with Gasteiger partial charge in [0.15, 0.2) is 0 Å². The molecule has 0 N–H and O–H groups in total. The van der Waals surface area contributed by atoms with E-state index < -0.39 is 17.0 Å². The minimum atomic E-state index is -1.64. The fourth-order valence-electron chi connectivity index (χ4n) is 0.334. The molecule has 0 radical (unpaired) electrons. The van der Waals surface area contributed by atoms with Crippen molar-refractivity contribution in [1.29, 1.82) is 0 Å². The van der Waals surface area contributed by atoms with Crippen molar-refractivity contribution in [3.05, 3.63) is 22.2 Å². The average Bonchev–Trinajstić information content (AvgIpc) is 1.84. The molecule has 0 atom stereocenters. The highest BCUT2D eigenvalue weighted by Crippen LogP contribution is 2.09. The third-order valence-corrected chi connectivity index (χ3v) is 1.20. The van der Waals surface area contributed by atoms with Gasteiger partial charge in [0, 0.05) is 5.03 Å². The fourth-order valence-corrected chi connectivity index (χ4v) is 0.706. The summed E-state index contributed by atoms with van der Waals surface area (Å²) in [5.74, 6) is -3.18. The maximum Gasteiger partial charge on any atom is 0.0829 e. The molecule has 0 unspecified atom stereocenters. The lowest BCUT2D eigenvalue weighted by Gasteiger charge is -1.98. The van der Waals surface area contributed by atoms with Gasteiger partial charge in [-0.25, -0.2) is 0 Å². The number of halogens is 2. The summed E-state index contributed by atoms with van der Waals surface area (Å²) >= 11 is 10.3. The number of hydrogen-bond donors (Lipinski definition) is 0. The lowest BCUT2D eigenvalue weighted by atomic mass is 10.4. The molecule has 0 rings (SSSR count). The largest absolute Gasteiger partial charge is 0.545 e. The van der Waals surface area contributed by atoms with Gasteiger partial charge in [-0.1, -0.05) is 23.2 Å². The molecule has 0 spiro atoms. The van der Waals surface area contributed by atoms with E-state index in [-0.39, 0.29) is 5.03 Å². The third-order valence-electron chi connectivity index (χ3n) is 0.715. The molecule has 0 aromatic carbocycles. The van der Waals surface area contributed by atoms with E-state index in [1.54, 1.807) is 0 Å². The predicted octanol–water partition coefficient (Wildman–Crippen LogP) is -1.27. The summed E-state index contributed by atoms with van der Waals surface area (Å²) in [7, 11) is 0. The number of carboxylic acids is 2. The van der Waals surface area contributed by atoms with Gasteiger partial charge in [0.25, 0.3) is 0 Å². The smallest absolute Gasteiger partial charge is 0.0829 e. The van der Waals surface area contributed by atoms with Crippen molar-refractivity contribution in [2.45, 2.75) is 0 Å². The van der Waals surface area contributed by atoms with E-state index in [0.717, 1.165) is 6.08 Å². The zero-order valence-electron chi connectivity index (χ0n) is 5.54. The van der Waals surface area contributed by atoms with Crippen molar-refractivity contribution in [2.75, 3.05) is 0 Å². The van der Waals surface area contributed by atoms with Gasteiger partial charge in [-0.05, 0) is 12.2 Å². The van der Waals surface area contributed by atoms with Crippen LogP contribution in [0.4, 0.5) is 0 Å². The first-order valence-corrected chi connectivity index (χ1v) is 3.36. The quantitative estimate of drug-likeness (QED) is 0.428. The third kappa shape index (κ3) is 4.76. The summed E-state index contributed by atoms with van der Waals surface area (Å²) in [6.07, 6.45) is 1.22. The van der Waals surface area contributed by atoms with E-state index in [1.165, 1.54) is 0 Å². The highest BCUT2D eigenvalue weighted by atomic mass is 35.5. The van der Waals surface area contributed by atoms with Gasteiger partial charge in [0.2, 0.25) is 0 Å². The normalized spacial score (nSPS) is 12.8. The van der Waals surface area contributed by atoms with Gasteiger partial charge < -0.3 is 19.8 Å². The van der Waals surface area contributed by atoms with Crippen LogP contribution >= 0.6 is 23.2 Å². The van der Waals surface area contributed by atoms with Crippen LogP contribution in [-0.2, 0) is 9.59 Å². The van der Waals surface area contributed by atoms with E-state index >= 15 is 0 Å². The van der Waals surface area contributed by atoms with E-state index in [2.05, 4.69) is 0 Å². The summed E-state index contributed by atoms with van der Waals surface area (Å²) in [5.41, 5.74) is 0.